The summed E-state index contributed by atoms with van der Waals surface area (Å²) >= 11 is 0. The number of aromatic nitrogens is 2. The smallest absolute Gasteiger partial charge is 0.276 e. The number of hydrogen-bond donors (Lipinski definition) is 3. The molecule has 2 aromatic carbocycles. The number of anilines is 3. The van der Waals surface area contributed by atoms with Crippen LogP contribution in [0.3, 0.4) is 0 Å². The third-order valence-corrected chi connectivity index (χ3v) is 7.07. The lowest BCUT2D eigenvalue weighted by molar-refractivity contribution is 0.102. The lowest BCUT2D eigenvalue weighted by atomic mass is 9.93. The number of carbonyl (C=O) groups is 1. The van der Waals surface area contributed by atoms with Gasteiger partial charge < -0.3 is 25.7 Å². The number of benzene rings is 2. The Bertz CT molecular complexity index is 1460. The predicted molar refractivity (Wildman–Crippen MR) is 145 cm³/mol. The molecule has 3 aromatic rings. The zero-order valence-corrected chi connectivity index (χ0v) is 21.8. The molecule has 0 saturated carbocycles. The molecule has 0 spiro atoms. The number of halogens is 2. The molecule has 2 aliphatic heterocycles. The standard InChI is InChI=1S/C28H30F2N6O3/c1-28(2)11-12-35(16-28)25-18(14-31)21(32-17-10-13-39-15-17)6-7-22(25)33-27(38)23-8-9-24(37)36(34-23)26-19(29)4-3-5-20(26)30/h3-9,14,17,31-32H,10-13,15-16H2,1-2H3,(H,33,38). The zero-order chi connectivity index (χ0) is 27.7. The van der Waals surface area contributed by atoms with Crippen molar-refractivity contribution in [3.8, 4) is 5.69 Å². The summed E-state index contributed by atoms with van der Waals surface area (Å²) in [5.74, 6) is -2.62. The molecule has 39 heavy (non-hydrogen) atoms. The van der Waals surface area contributed by atoms with E-state index in [-0.39, 0.29) is 17.2 Å². The lowest BCUT2D eigenvalue weighted by Crippen LogP contribution is -2.28. The zero-order valence-electron chi connectivity index (χ0n) is 21.8. The summed E-state index contributed by atoms with van der Waals surface area (Å²) in [5, 5.41) is 18.5. The minimum Gasteiger partial charge on any atom is -0.379 e. The molecule has 2 saturated heterocycles. The number of amides is 1. The SMILES string of the molecule is CC1(C)CCN(c2c(NC(=O)c3ccc(=O)n(-c4c(F)cccc4F)n3)ccc(NC3CCOC3)c2C=N)C1. The second-order valence-electron chi connectivity index (χ2n) is 10.6. The largest absolute Gasteiger partial charge is 0.379 e. The molecule has 3 heterocycles. The molecule has 2 fully saturated rings. The van der Waals surface area contributed by atoms with Crippen LogP contribution in [0.2, 0.25) is 0 Å². The van der Waals surface area contributed by atoms with Crippen molar-refractivity contribution < 1.29 is 18.3 Å². The van der Waals surface area contributed by atoms with Gasteiger partial charge in [-0.3, -0.25) is 9.59 Å². The molecular formula is C28H30F2N6O3. The second kappa shape index (κ2) is 10.6. The second-order valence-corrected chi connectivity index (χ2v) is 10.6. The van der Waals surface area contributed by atoms with Gasteiger partial charge in [0.15, 0.2) is 11.6 Å². The van der Waals surface area contributed by atoms with Crippen molar-refractivity contribution in [3.05, 3.63) is 75.7 Å². The van der Waals surface area contributed by atoms with E-state index >= 15 is 0 Å². The number of carbonyl (C=O) groups excluding carboxylic acids is 1. The Morgan fingerprint density at radius 3 is 2.51 bits per heavy atom. The summed E-state index contributed by atoms with van der Waals surface area (Å²) in [6.07, 6.45) is 3.06. The minimum absolute atomic E-state index is 0.0458. The van der Waals surface area contributed by atoms with Gasteiger partial charge in [-0.2, -0.15) is 9.78 Å². The Hall–Kier alpha value is -4.12. The number of hydrogen-bond acceptors (Lipinski definition) is 7. The molecule has 5 rings (SSSR count). The minimum atomic E-state index is -0.979. The van der Waals surface area contributed by atoms with E-state index in [1.54, 1.807) is 6.07 Å². The van der Waals surface area contributed by atoms with Gasteiger partial charge in [-0.25, -0.2) is 8.78 Å². The van der Waals surface area contributed by atoms with E-state index in [4.69, 9.17) is 10.1 Å². The average molecular weight is 537 g/mol. The van der Waals surface area contributed by atoms with Crippen LogP contribution in [-0.4, -0.2) is 54.2 Å². The monoisotopic (exact) mass is 536 g/mol. The van der Waals surface area contributed by atoms with Gasteiger partial charge in [-0.15, -0.1) is 0 Å². The maximum atomic E-state index is 14.4. The maximum Gasteiger partial charge on any atom is 0.276 e. The van der Waals surface area contributed by atoms with Crippen LogP contribution in [0.15, 0.2) is 47.3 Å². The number of ether oxygens (including phenoxy) is 1. The van der Waals surface area contributed by atoms with E-state index in [1.807, 2.05) is 6.07 Å². The van der Waals surface area contributed by atoms with Gasteiger partial charge in [0, 0.05) is 43.2 Å². The summed E-state index contributed by atoms with van der Waals surface area (Å²) in [4.78, 5) is 27.9. The Morgan fingerprint density at radius 1 is 1.13 bits per heavy atom. The molecule has 0 aliphatic carbocycles. The Morgan fingerprint density at radius 2 is 1.87 bits per heavy atom. The van der Waals surface area contributed by atoms with E-state index in [2.05, 4.69) is 34.5 Å². The highest BCUT2D eigenvalue weighted by atomic mass is 19.1. The quantitative estimate of drug-likeness (QED) is 0.391. The van der Waals surface area contributed by atoms with Crippen LogP contribution in [0.1, 0.15) is 42.7 Å². The molecule has 9 nitrogen and oxygen atoms in total. The molecule has 1 unspecified atom stereocenters. The first-order chi connectivity index (χ1) is 18.7. The topological polar surface area (TPSA) is 112 Å². The van der Waals surface area contributed by atoms with E-state index in [1.165, 1.54) is 18.3 Å². The summed E-state index contributed by atoms with van der Waals surface area (Å²) in [6.45, 7) is 7.05. The summed E-state index contributed by atoms with van der Waals surface area (Å²) in [7, 11) is 0. The molecule has 0 bridgehead atoms. The van der Waals surface area contributed by atoms with Crippen LogP contribution < -0.4 is 21.1 Å². The molecule has 204 valence electrons. The van der Waals surface area contributed by atoms with E-state index in [0.717, 1.165) is 49.8 Å². The predicted octanol–water partition coefficient (Wildman–Crippen LogP) is 4.20. The Balaban J connectivity index is 1.52. The highest BCUT2D eigenvalue weighted by molar-refractivity contribution is 6.08. The fraction of sp³-hybridized carbons (Fsp3) is 0.357. The van der Waals surface area contributed by atoms with Gasteiger partial charge in [-0.05, 0) is 48.6 Å². The van der Waals surface area contributed by atoms with E-state index in [9.17, 15) is 18.4 Å². The third kappa shape index (κ3) is 5.40. The fourth-order valence-corrected chi connectivity index (χ4v) is 5.06. The highest BCUT2D eigenvalue weighted by Crippen LogP contribution is 2.41. The van der Waals surface area contributed by atoms with Crippen molar-refractivity contribution in [2.75, 3.05) is 41.8 Å². The Labute approximate surface area is 224 Å². The first-order valence-electron chi connectivity index (χ1n) is 12.8. The summed E-state index contributed by atoms with van der Waals surface area (Å²) in [6, 6.07) is 9.13. The van der Waals surface area contributed by atoms with Crippen LogP contribution >= 0.6 is 0 Å². The highest BCUT2D eigenvalue weighted by Gasteiger charge is 2.33. The number of nitrogens with one attached hydrogen (secondary N) is 3. The molecule has 1 aromatic heterocycles. The molecule has 1 amide bonds. The van der Waals surface area contributed by atoms with Crippen LogP contribution in [0, 0.1) is 22.5 Å². The summed E-state index contributed by atoms with van der Waals surface area (Å²) in [5.41, 5.74) is 0.949. The number of para-hydroxylation sites is 1. The fourth-order valence-electron chi connectivity index (χ4n) is 5.06. The molecule has 2 aliphatic rings. The molecular weight excluding hydrogens is 506 g/mol. The Kier molecular flexibility index (Phi) is 7.17. The third-order valence-electron chi connectivity index (χ3n) is 7.07. The van der Waals surface area contributed by atoms with E-state index < -0.39 is 28.8 Å². The first kappa shape index (κ1) is 26.5. The van der Waals surface area contributed by atoms with Gasteiger partial charge in [0.05, 0.1) is 24.0 Å². The van der Waals surface area contributed by atoms with Gasteiger partial charge in [0.25, 0.3) is 11.5 Å². The van der Waals surface area contributed by atoms with Gasteiger partial charge in [-0.1, -0.05) is 19.9 Å². The summed E-state index contributed by atoms with van der Waals surface area (Å²) < 4.78 is 34.8. The molecule has 11 heteroatoms. The van der Waals surface area contributed by atoms with Crippen LogP contribution in [-0.2, 0) is 4.74 Å². The maximum absolute atomic E-state index is 14.4. The van der Waals surface area contributed by atoms with Crippen molar-refractivity contribution in [3.63, 3.8) is 0 Å². The molecule has 3 N–H and O–H groups in total. The molecule has 1 atom stereocenters. The molecule has 0 radical (unpaired) electrons. The van der Waals surface area contributed by atoms with Crippen LogP contribution in [0.4, 0.5) is 25.8 Å². The van der Waals surface area contributed by atoms with Crippen LogP contribution in [0.5, 0.6) is 0 Å². The van der Waals surface area contributed by atoms with Crippen molar-refractivity contribution in [1.29, 1.82) is 5.41 Å². The van der Waals surface area contributed by atoms with Crippen molar-refractivity contribution in [2.24, 2.45) is 5.41 Å². The van der Waals surface area contributed by atoms with Gasteiger partial charge in [0.2, 0.25) is 0 Å². The van der Waals surface area contributed by atoms with E-state index in [0.29, 0.717) is 34.8 Å². The van der Waals surface area contributed by atoms with Crippen molar-refractivity contribution in [1.82, 2.24) is 9.78 Å². The average Bonchev–Trinajstić information content (AvgIpc) is 3.54. The van der Waals surface area contributed by atoms with Gasteiger partial charge >= 0.3 is 0 Å². The normalized spacial score (nSPS) is 18.3. The first-order valence-corrected chi connectivity index (χ1v) is 12.8. The lowest BCUT2D eigenvalue weighted by Gasteiger charge is -2.28. The van der Waals surface area contributed by atoms with Crippen LogP contribution in [0.25, 0.3) is 5.69 Å². The van der Waals surface area contributed by atoms with Gasteiger partial charge in [0.1, 0.15) is 11.4 Å². The van der Waals surface area contributed by atoms with Crippen molar-refractivity contribution >= 4 is 29.2 Å². The van der Waals surface area contributed by atoms with Crippen molar-refractivity contribution in [2.45, 2.75) is 32.7 Å². The number of rotatable bonds is 7. The number of nitrogens with zero attached hydrogens (tertiary/aromatic N) is 3.